The van der Waals surface area contributed by atoms with Gasteiger partial charge < -0.3 is 0 Å². The van der Waals surface area contributed by atoms with Crippen LogP contribution in [0.5, 0.6) is 0 Å². The van der Waals surface area contributed by atoms with Crippen molar-refractivity contribution in [2.75, 3.05) is 0 Å². The van der Waals surface area contributed by atoms with E-state index in [1.807, 2.05) is 0 Å². The molecular weight excluding hydrogens is 168 g/mol. The zero-order valence-electron chi connectivity index (χ0n) is 8.98. The van der Waals surface area contributed by atoms with Crippen LogP contribution in [0.4, 0.5) is 0 Å². The maximum absolute atomic E-state index is 2.25. The first kappa shape index (κ1) is 10.8. The maximum Gasteiger partial charge on any atom is -0.0163 e. The Bertz CT molecular complexity index is 272. The van der Waals surface area contributed by atoms with E-state index < -0.39 is 0 Å². The second-order valence-electron chi connectivity index (χ2n) is 3.72. The van der Waals surface area contributed by atoms with Crippen molar-refractivity contribution >= 4 is 0 Å². The maximum atomic E-state index is 2.25. The quantitative estimate of drug-likeness (QED) is 0.576. The molecule has 2 aliphatic carbocycles. The van der Waals surface area contributed by atoms with E-state index in [9.17, 15) is 0 Å². The Labute approximate surface area is 87.0 Å². The van der Waals surface area contributed by atoms with Gasteiger partial charge in [0.05, 0.1) is 0 Å². The molecule has 0 radical (unpaired) electrons. The molecule has 0 amide bonds. The molecule has 0 N–H and O–H groups in total. The second kappa shape index (κ2) is 6.20. The fourth-order valence-corrected chi connectivity index (χ4v) is 1.28. The van der Waals surface area contributed by atoms with Crippen LogP contribution in [0.25, 0.3) is 0 Å². The predicted octanol–water partition coefficient (Wildman–Crippen LogP) is 4.20. The summed E-state index contributed by atoms with van der Waals surface area (Å²) in [5.41, 5.74) is 1.34. The smallest absolute Gasteiger partial charge is 0.0163 e. The van der Waals surface area contributed by atoms with E-state index in [1.165, 1.54) is 5.57 Å². The molecule has 0 bridgehead atoms. The van der Waals surface area contributed by atoms with Crippen molar-refractivity contribution in [3.63, 3.8) is 0 Å². The Morgan fingerprint density at radius 1 is 1.00 bits per heavy atom. The molecule has 2 rings (SSSR count). The third-order valence-electron chi connectivity index (χ3n) is 1.87. The highest BCUT2D eigenvalue weighted by Crippen LogP contribution is 2.09. The van der Waals surface area contributed by atoms with E-state index >= 15 is 0 Å². The summed E-state index contributed by atoms with van der Waals surface area (Å²) >= 11 is 0. The van der Waals surface area contributed by atoms with Crippen molar-refractivity contribution in [1.29, 1.82) is 0 Å². The van der Waals surface area contributed by atoms with E-state index in [-0.39, 0.29) is 0 Å². The van der Waals surface area contributed by atoms with Crippen molar-refractivity contribution in [2.24, 2.45) is 5.92 Å². The Hall–Kier alpha value is -1.30. The van der Waals surface area contributed by atoms with Crippen LogP contribution in [0.2, 0.25) is 0 Å². The van der Waals surface area contributed by atoms with E-state index in [1.54, 1.807) is 0 Å². The zero-order valence-corrected chi connectivity index (χ0v) is 8.98. The molecule has 0 atom stereocenters. The second-order valence-corrected chi connectivity index (χ2v) is 3.72. The largest absolute Gasteiger partial charge is 0.0808 e. The fraction of sp³-hybridized carbons (Fsp3) is 0.286. The van der Waals surface area contributed by atoms with Gasteiger partial charge in [-0.15, -0.1) is 0 Å². The summed E-state index contributed by atoms with van der Waals surface area (Å²) in [5.74, 6) is 0.660. The fourth-order valence-electron chi connectivity index (χ4n) is 1.28. The van der Waals surface area contributed by atoms with Gasteiger partial charge in [0.15, 0.2) is 0 Å². The summed E-state index contributed by atoms with van der Waals surface area (Å²) in [4.78, 5) is 0. The van der Waals surface area contributed by atoms with E-state index in [4.69, 9.17) is 0 Å². The van der Waals surface area contributed by atoms with Crippen LogP contribution in [0.15, 0.2) is 60.3 Å². The summed E-state index contributed by atoms with van der Waals surface area (Å²) in [6.07, 6.45) is 20.1. The SMILES string of the molecule is C1=CCC=C1.CC(C)C=C1C=CC=C1. The molecule has 0 saturated heterocycles. The van der Waals surface area contributed by atoms with Crippen LogP contribution in [0.1, 0.15) is 20.3 Å². The van der Waals surface area contributed by atoms with Gasteiger partial charge in [0.25, 0.3) is 0 Å². The number of hydrogen-bond acceptors (Lipinski definition) is 0. The van der Waals surface area contributed by atoms with Crippen molar-refractivity contribution in [1.82, 2.24) is 0 Å². The molecule has 0 heterocycles. The third-order valence-corrected chi connectivity index (χ3v) is 1.87. The van der Waals surface area contributed by atoms with Crippen molar-refractivity contribution in [3.05, 3.63) is 60.3 Å². The lowest BCUT2D eigenvalue weighted by Gasteiger charge is -1.94. The topological polar surface area (TPSA) is 0 Å². The van der Waals surface area contributed by atoms with Crippen LogP contribution in [-0.2, 0) is 0 Å². The molecule has 0 nitrogen and oxygen atoms in total. The van der Waals surface area contributed by atoms with Gasteiger partial charge in [0.2, 0.25) is 0 Å². The molecule has 0 aromatic heterocycles. The first-order valence-corrected chi connectivity index (χ1v) is 5.17. The van der Waals surface area contributed by atoms with Crippen molar-refractivity contribution in [3.8, 4) is 0 Å². The molecule has 2 aliphatic rings. The van der Waals surface area contributed by atoms with Gasteiger partial charge in [-0.25, -0.2) is 0 Å². The Balaban J connectivity index is 0.000000165. The lowest BCUT2D eigenvalue weighted by Crippen LogP contribution is -1.79. The van der Waals surface area contributed by atoms with Crippen LogP contribution < -0.4 is 0 Å². The first-order valence-electron chi connectivity index (χ1n) is 5.17. The zero-order chi connectivity index (χ0) is 10.2. The minimum absolute atomic E-state index is 0.660. The Morgan fingerprint density at radius 2 is 1.57 bits per heavy atom. The summed E-state index contributed by atoms with van der Waals surface area (Å²) in [7, 11) is 0. The van der Waals surface area contributed by atoms with Crippen molar-refractivity contribution in [2.45, 2.75) is 20.3 Å². The highest BCUT2D eigenvalue weighted by atomic mass is 14.0. The van der Waals surface area contributed by atoms with E-state index in [0.717, 1.165) is 6.42 Å². The predicted molar refractivity (Wildman–Crippen MR) is 64.1 cm³/mol. The van der Waals surface area contributed by atoms with Gasteiger partial charge in [-0.2, -0.15) is 0 Å². The minimum Gasteiger partial charge on any atom is -0.0808 e. The van der Waals surface area contributed by atoms with Crippen molar-refractivity contribution < 1.29 is 0 Å². The van der Waals surface area contributed by atoms with Crippen LogP contribution in [0.3, 0.4) is 0 Å². The first-order chi connectivity index (χ1) is 6.79. The molecule has 0 fully saturated rings. The average molecular weight is 186 g/mol. The Kier molecular flexibility index (Phi) is 4.77. The summed E-state index contributed by atoms with van der Waals surface area (Å²) in [5, 5.41) is 0. The molecule has 14 heavy (non-hydrogen) atoms. The molecular formula is C14H18. The van der Waals surface area contributed by atoms with Gasteiger partial charge >= 0.3 is 0 Å². The summed E-state index contributed by atoms with van der Waals surface area (Å²) in [6.45, 7) is 4.38. The molecule has 0 aromatic rings. The Morgan fingerprint density at radius 3 is 1.93 bits per heavy atom. The lowest BCUT2D eigenvalue weighted by molar-refractivity contribution is 0.828. The number of hydrogen-bond donors (Lipinski definition) is 0. The van der Waals surface area contributed by atoms with Crippen LogP contribution in [0, 0.1) is 5.92 Å². The van der Waals surface area contributed by atoms with Gasteiger partial charge in [-0.3, -0.25) is 0 Å². The summed E-state index contributed by atoms with van der Waals surface area (Å²) < 4.78 is 0. The van der Waals surface area contributed by atoms with Gasteiger partial charge in [-0.05, 0) is 17.9 Å². The minimum atomic E-state index is 0.660. The average Bonchev–Trinajstić information content (AvgIpc) is 2.75. The monoisotopic (exact) mass is 186 g/mol. The standard InChI is InChI=1S/C9H12.C5H6/c1-8(2)7-9-5-3-4-6-9;1-2-4-5-3-1/h3-8H,1-2H3;1-4H,5H2. The molecule has 74 valence electrons. The molecule has 0 saturated carbocycles. The van der Waals surface area contributed by atoms with Gasteiger partial charge in [0, 0.05) is 0 Å². The molecule has 0 unspecified atom stereocenters. The van der Waals surface area contributed by atoms with Gasteiger partial charge in [0.1, 0.15) is 0 Å². The van der Waals surface area contributed by atoms with E-state index in [2.05, 4.69) is 68.5 Å². The molecule has 0 spiro atoms. The molecule has 0 heteroatoms. The van der Waals surface area contributed by atoms with E-state index in [0.29, 0.717) is 5.92 Å². The third kappa shape index (κ3) is 4.66. The van der Waals surface area contributed by atoms with Gasteiger partial charge in [-0.1, -0.05) is 68.5 Å². The molecule has 0 aromatic carbocycles. The number of allylic oxidation sites excluding steroid dienone is 10. The number of rotatable bonds is 1. The normalized spacial score (nSPS) is 16.4. The van der Waals surface area contributed by atoms with Crippen LogP contribution >= 0.6 is 0 Å². The van der Waals surface area contributed by atoms with Crippen LogP contribution in [-0.4, -0.2) is 0 Å². The summed E-state index contributed by atoms with van der Waals surface area (Å²) in [6, 6.07) is 0. The lowest BCUT2D eigenvalue weighted by atomic mass is 10.1. The molecule has 0 aliphatic heterocycles. The highest BCUT2D eigenvalue weighted by molar-refractivity contribution is 5.39. The highest BCUT2D eigenvalue weighted by Gasteiger charge is 1.91.